The van der Waals surface area contributed by atoms with Gasteiger partial charge in [0.1, 0.15) is 12.1 Å². The lowest BCUT2D eigenvalue weighted by Crippen LogP contribution is -2.54. The van der Waals surface area contributed by atoms with Crippen LogP contribution in [0.25, 0.3) is 0 Å². The molecule has 0 saturated carbocycles. The van der Waals surface area contributed by atoms with Crippen LogP contribution < -0.4 is 32.9 Å². The van der Waals surface area contributed by atoms with Gasteiger partial charge in [0, 0.05) is 11.9 Å². The summed E-state index contributed by atoms with van der Waals surface area (Å²) < 4.78 is 14.1. The molecule has 1 aromatic carbocycles. The highest BCUT2D eigenvalue weighted by atomic mass is 35.5. The van der Waals surface area contributed by atoms with Gasteiger partial charge in [0.15, 0.2) is 0 Å². The van der Waals surface area contributed by atoms with Crippen LogP contribution in [0.2, 0.25) is 0 Å². The van der Waals surface area contributed by atoms with Crippen LogP contribution in [0.5, 0.6) is 0 Å². The van der Waals surface area contributed by atoms with Crippen molar-refractivity contribution in [3.8, 4) is 0 Å². The van der Waals surface area contributed by atoms with Crippen molar-refractivity contribution in [2.24, 2.45) is 11.7 Å². The van der Waals surface area contributed by atoms with Gasteiger partial charge in [0.2, 0.25) is 23.5 Å². The maximum Gasteiger partial charge on any atom is 0.328 e. The van der Waals surface area contributed by atoms with Gasteiger partial charge >= 0.3 is 5.69 Å². The number of hydrogen-bond donors (Lipinski definition) is 5. The number of rotatable bonds is 9. The number of aromatic nitrogens is 2. The molecule has 0 saturated heterocycles. The number of H-pyrrole nitrogens is 1. The minimum absolute atomic E-state index is 0. The Kier molecular flexibility index (Phi) is 10.6. The van der Waals surface area contributed by atoms with E-state index in [-0.39, 0.29) is 31.4 Å². The smallest absolute Gasteiger partial charge is 0.328 e. The molecule has 3 amide bonds. The summed E-state index contributed by atoms with van der Waals surface area (Å²) in [7, 11) is 0. The van der Waals surface area contributed by atoms with Crippen LogP contribution in [0.15, 0.2) is 40.1 Å². The molecule has 0 unspecified atom stereocenters. The van der Waals surface area contributed by atoms with Gasteiger partial charge in [0.05, 0.1) is 13.1 Å². The molecule has 0 aliphatic rings. The molecule has 34 heavy (non-hydrogen) atoms. The summed E-state index contributed by atoms with van der Waals surface area (Å²) in [6.45, 7) is 4.58. The quantitative estimate of drug-likeness (QED) is 0.317. The predicted molar refractivity (Wildman–Crippen MR) is 126 cm³/mol. The van der Waals surface area contributed by atoms with Gasteiger partial charge in [-0.25, -0.2) is 4.79 Å². The van der Waals surface area contributed by atoms with Gasteiger partial charge in [-0.05, 0) is 30.5 Å². The summed E-state index contributed by atoms with van der Waals surface area (Å²) >= 11 is 0. The molecule has 0 bridgehead atoms. The van der Waals surface area contributed by atoms with Crippen molar-refractivity contribution in [1.29, 1.82) is 0 Å². The second-order valence-electron chi connectivity index (χ2n) is 7.74. The first-order valence-corrected chi connectivity index (χ1v) is 10.2. The molecule has 0 spiro atoms. The van der Waals surface area contributed by atoms with Crippen LogP contribution in [0.4, 0.5) is 10.1 Å². The lowest BCUT2D eigenvalue weighted by molar-refractivity contribution is -0.131. The van der Waals surface area contributed by atoms with E-state index in [4.69, 9.17) is 5.73 Å². The van der Waals surface area contributed by atoms with Crippen LogP contribution in [0, 0.1) is 11.7 Å². The Balaban J connectivity index is 0.00000578. The van der Waals surface area contributed by atoms with E-state index in [9.17, 15) is 28.4 Å². The Morgan fingerprint density at radius 1 is 1.06 bits per heavy atom. The van der Waals surface area contributed by atoms with E-state index in [1.54, 1.807) is 38.1 Å². The zero-order chi connectivity index (χ0) is 24.7. The molecule has 186 valence electrons. The fourth-order valence-electron chi connectivity index (χ4n) is 2.89. The number of benzene rings is 1. The number of amides is 3. The molecule has 1 aromatic heterocycles. The van der Waals surface area contributed by atoms with Crippen molar-refractivity contribution in [1.82, 2.24) is 20.2 Å². The zero-order valence-corrected chi connectivity index (χ0v) is 19.7. The van der Waals surface area contributed by atoms with Gasteiger partial charge in [-0.2, -0.15) is 4.39 Å². The number of nitrogens with two attached hydrogens (primary N) is 1. The molecule has 2 atom stereocenters. The highest BCUT2D eigenvalue weighted by molar-refractivity contribution is 5.98. The fraction of sp³-hybridized carbons (Fsp3) is 0.381. The summed E-state index contributed by atoms with van der Waals surface area (Å²) in [5, 5.41) is 7.70. The molecular formula is C21H28ClFN6O5. The Hall–Kier alpha value is -3.51. The second-order valence-corrected chi connectivity index (χ2v) is 7.74. The Bertz CT molecular complexity index is 1130. The summed E-state index contributed by atoms with van der Waals surface area (Å²) in [6, 6.07) is 4.46. The lowest BCUT2D eigenvalue weighted by Gasteiger charge is -2.23. The van der Waals surface area contributed by atoms with Crippen LogP contribution in [-0.2, 0) is 20.9 Å². The van der Waals surface area contributed by atoms with Crippen LogP contribution >= 0.6 is 12.4 Å². The Labute approximate surface area is 200 Å². The van der Waals surface area contributed by atoms with Crippen LogP contribution in [-0.4, -0.2) is 45.9 Å². The Morgan fingerprint density at radius 3 is 2.24 bits per heavy atom. The molecule has 11 nitrogen and oxygen atoms in total. The normalized spacial score (nSPS) is 12.3. The van der Waals surface area contributed by atoms with Crippen molar-refractivity contribution >= 4 is 35.8 Å². The minimum atomic E-state index is -1.07. The molecule has 1 heterocycles. The number of nitrogens with one attached hydrogen (secondary N) is 4. The van der Waals surface area contributed by atoms with Gasteiger partial charge in [-0.3, -0.25) is 23.7 Å². The third-order valence-electron chi connectivity index (χ3n) is 4.78. The van der Waals surface area contributed by atoms with E-state index < -0.39 is 46.9 Å². The summed E-state index contributed by atoms with van der Waals surface area (Å²) in [6.07, 6.45) is 0.704. The van der Waals surface area contributed by atoms with E-state index >= 15 is 0 Å². The number of aromatic amines is 1. The number of carbonyl (C=O) groups excluding carboxylic acids is 3. The number of halogens is 2. The summed E-state index contributed by atoms with van der Waals surface area (Å²) in [5.41, 5.74) is 4.42. The van der Waals surface area contributed by atoms with Crippen LogP contribution in [0.1, 0.15) is 26.3 Å². The first kappa shape index (κ1) is 28.5. The van der Waals surface area contributed by atoms with Gasteiger partial charge in [0.25, 0.3) is 5.56 Å². The first-order chi connectivity index (χ1) is 15.5. The maximum absolute atomic E-state index is 13.4. The Morgan fingerprint density at radius 2 is 1.68 bits per heavy atom. The van der Waals surface area contributed by atoms with E-state index in [0.717, 1.165) is 4.57 Å². The molecular weight excluding hydrogens is 471 g/mol. The molecule has 0 radical (unpaired) electrons. The fourth-order valence-corrected chi connectivity index (χ4v) is 2.89. The maximum atomic E-state index is 13.4. The number of anilines is 1. The molecule has 2 aromatic rings. The molecule has 13 heteroatoms. The van der Waals surface area contributed by atoms with Crippen molar-refractivity contribution in [3.63, 3.8) is 0 Å². The standard InChI is InChI=1S/C21H27FN6O5.ClH/c1-11(2)17(27-16(29)8-23)19(31)25-12(3)18(30)26-14-6-4-13(5-7-14)10-28-20(32)15(22)9-24-21(28)33;/h4-7,9,11-12,17H,8,10,23H2,1-3H3,(H,24,33)(H,25,31)(H,26,30)(H,27,29);1H/t12-,17-;/m0./s1. The highest BCUT2D eigenvalue weighted by Gasteiger charge is 2.26. The molecule has 0 aliphatic heterocycles. The van der Waals surface area contributed by atoms with Gasteiger partial charge in [-0.1, -0.05) is 26.0 Å². The van der Waals surface area contributed by atoms with E-state index in [2.05, 4.69) is 20.9 Å². The monoisotopic (exact) mass is 498 g/mol. The van der Waals surface area contributed by atoms with Crippen molar-refractivity contribution < 1.29 is 18.8 Å². The van der Waals surface area contributed by atoms with Crippen molar-refractivity contribution in [3.05, 3.63) is 62.7 Å². The summed E-state index contributed by atoms with van der Waals surface area (Å²) in [5.74, 6) is -2.79. The predicted octanol–water partition coefficient (Wildman–Crippen LogP) is -0.311. The molecule has 2 rings (SSSR count). The second kappa shape index (κ2) is 12.7. The van der Waals surface area contributed by atoms with Gasteiger partial charge in [-0.15, -0.1) is 12.4 Å². The highest BCUT2D eigenvalue weighted by Crippen LogP contribution is 2.11. The van der Waals surface area contributed by atoms with E-state index in [1.807, 2.05) is 0 Å². The SMILES string of the molecule is CC(C)[C@H](NC(=O)CN)C(=O)N[C@@H](C)C(=O)Nc1ccc(Cn2c(=O)[nH]cc(F)c2=O)cc1.Cl. The van der Waals surface area contributed by atoms with Crippen LogP contribution in [0.3, 0.4) is 0 Å². The lowest BCUT2D eigenvalue weighted by atomic mass is 10.0. The van der Waals surface area contributed by atoms with Gasteiger partial charge < -0.3 is 26.7 Å². The number of hydrogen-bond acceptors (Lipinski definition) is 6. The zero-order valence-electron chi connectivity index (χ0n) is 18.9. The molecule has 0 fully saturated rings. The number of nitrogens with zero attached hydrogens (tertiary/aromatic N) is 1. The van der Waals surface area contributed by atoms with E-state index in [0.29, 0.717) is 17.4 Å². The topological polar surface area (TPSA) is 168 Å². The van der Waals surface area contributed by atoms with Crippen molar-refractivity contribution in [2.75, 3.05) is 11.9 Å². The largest absolute Gasteiger partial charge is 0.343 e. The minimum Gasteiger partial charge on any atom is -0.343 e. The van der Waals surface area contributed by atoms with Crippen molar-refractivity contribution in [2.45, 2.75) is 39.4 Å². The first-order valence-electron chi connectivity index (χ1n) is 10.2. The van der Waals surface area contributed by atoms with E-state index in [1.165, 1.54) is 6.92 Å². The third kappa shape index (κ3) is 7.52. The average molecular weight is 499 g/mol. The summed E-state index contributed by atoms with van der Waals surface area (Å²) in [4.78, 5) is 62.1. The molecule has 6 N–H and O–H groups in total. The third-order valence-corrected chi connectivity index (χ3v) is 4.78. The number of carbonyl (C=O) groups is 3. The molecule has 0 aliphatic carbocycles. The average Bonchev–Trinajstić information content (AvgIpc) is 2.78.